The molecule has 6 nitrogen and oxygen atoms in total. The van der Waals surface area contributed by atoms with Gasteiger partial charge in [-0.15, -0.1) is 0 Å². The van der Waals surface area contributed by atoms with Crippen LogP contribution in [0.25, 0.3) is 0 Å². The lowest BCUT2D eigenvalue weighted by molar-refractivity contribution is 0.0589. The van der Waals surface area contributed by atoms with Crippen LogP contribution in [-0.2, 0) is 0 Å². The van der Waals surface area contributed by atoms with E-state index in [0.717, 1.165) is 11.3 Å². The van der Waals surface area contributed by atoms with Crippen molar-refractivity contribution in [3.63, 3.8) is 0 Å². The molecule has 98 valence electrons. The summed E-state index contributed by atoms with van der Waals surface area (Å²) < 4.78 is 0. The number of pyridine rings is 1. The number of H-pyrrole nitrogens is 1. The quantitative estimate of drug-likeness (QED) is 0.843. The molecule has 6 heteroatoms. The van der Waals surface area contributed by atoms with Crippen LogP contribution in [0.4, 0.5) is 0 Å². The molecule has 2 N–H and O–H groups in total. The van der Waals surface area contributed by atoms with Gasteiger partial charge in [0.2, 0.25) is 0 Å². The molecule has 0 spiro atoms. The third-order valence-electron chi connectivity index (χ3n) is 3.34. The number of hydrogen-bond acceptors (Lipinski definition) is 4. The van der Waals surface area contributed by atoms with E-state index in [1.54, 1.807) is 23.4 Å². The van der Waals surface area contributed by atoms with Gasteiger partial charge in [0, 0.05) is 37.1 Å². The highest BCUT2D eigenvalue weighted by molar-refractivity contribution is 5.95. The maximum Gasteiger partial charge on any atom is 0.276 e. The maximum atomic E-state index is 12.2. The van der Waals surface area contributed by atoms with E-state index in [2.05, 4.69) is 15.2 Å². The number of carbonyl (C=O) groups excluding carboxylic acids is 1. The number of nitrogens with zero attached hydrogens (tertiary/aromatic N) is 3. The van der Waals surface area contributed by atoms with Gasteiger partial charge in [-0.05, 0) is 24.6 Å². The van der Waals surface area contributed by atoms with Crippen molar-refractivity contribution < 1.29 is 9.90 Å². The Hall–Kier alpha value is -2.37. The summed E-state index contributed by atoms with van der Waals surface area (Å²) in [4.78, 5) is 17.8. The standard InChI is InChI=1S/C13H14N4O2/c1-8-4-11(18)12(14-5-8)13(19)17-6-9(7-17)10-2-3-15-16-10/h2-5,9,18H,6-7H2,1H3,(H,15,16). The predicted octanol–water partition coefficient (Wildman–Crippen LogP) is 1.06. The number of likely N-dealkylation sites (tertiary alicyclic amines) is 1. The van der Waals surface area contributed by atoms with Crippen molar-refractivity contribution in [3.05, 3.63) is 41.5 Å². The van der Waals surface area contributed by atoms with Crippen molar-refractivity contribution in [1.29, 1.82) is 0 Å². The molecule has 2 aromatic heterocycles. The molecule has 2 aromatic rings. The van der Waals surface area contributed by atoms with Gasteiger partial charge in [-0.1, -0.05) is 0 Å². The second kappa shape index (κ2) is 4.38. The van der Waals surface area contributed by atoms with E-state index in [-0.39, 0.29) is 17.4 Å². The minimum Gasteiger partial charge on any atom is -0.505 e. The molecule has 1 saturated heterocycles. The number of aromatic nitrogens is 3. The molecular weight excluding hydrogens is 244 g/mol. The summed E-state index contributed by atoms with van der Waals surface area (Å²) in [7, 11) is 0. The summed E-state index contributed by atoms with van der Waals surface area (Å²) in [6.07, 6.45) is 3.28. The largest absolute Gasteiger partial charge is 0.505 e. The van der Waals surface area contributed by atoms with Gasteiger partial charge in [-0.25, -0.2) is 4.98 Å². The summed E-state index contributed by atoms with van der Waals surface area (Å²) in [5.74, 6) is 0.00213. The van der Waals surface area contributed by atoms with Crippen molar-refractivity contribution in [3.8, 4) is 5.75 Å². The Labute approximate surface area is 110 Å². The van der Waals surface area contributed by atoms with Crippen LogP contribution in [0.3, 0.4) is 0 Å². The number of carbonyl (C=O) groups is 1. The smallest absolute Gasteiger partial charge is 0.276 e. The predicted molar refractivity (Wildman–Crippen MR) is 67.9 cm³/mol. The molecule has 0 aromatic carbocycles. The average Bonchev–Trinajstić information content (AvgIpc) is 2.80. The van der Waals surface area contributed by atoms with E-state index < -0.39 is 0 Å². The van der Waals surface area contributed by atoms with Gasteiger partial charge in [-0.3, -0.25) is 9.89 Å². The average molecular weight is 258 g/mol. The minimum absolute atomic E-state index is 0.0602. The minimum atomic E-state index is -0.228. The first-order chi connectivity index (χ1) is 9.15. The number of hydrogen-bond donors (Lipinski definition) is 2. The van der Waals surface area contributed by atoms with Gasteiger partial charge >= 0.3 is 0 Å². The highest BCUT2D eigenvalue weighted by Gasteiger charge is 2.34. The van der Waals surface area contributed by atoms with Gasteiger partial charge in [0.05, 0.1) is 0 Å². The number of rotatable bonds is 2. The summed E-state index contributed by atoms with van der Waals surface area (Å²) in [5, 5.41) is 16.6. The zero-order chi connectivity index (χ0) is 13.4. The normalized spacial score (nSPS) is 15.3. The van der Waals surface area contributed by atoms with Crippen LogP contribution in [0.5, 0.6) is 5.75 Å². The summed E-state index contributed by atoms with van der Waals surface area (Å²) in [5.41, 5.74) is 1.98. The van der Waals surface area contributed by atoms with E-state index in [0.29, 0.717) is 19.0 Å². The zero-order valence-electron chi connectivity index (χ0n) is 10.5. The van der Waals surface area contributed by atoms with Crippen LogP contribution < -0.4 is 0 Å². The lowest BCUT2D eigenvalue weighted by atomic mass is 9.96. The van der Waals surface area contributed by atoms with E-state index in [9.17, 15) is 9.90 Å². The van der Waals surface area contributed by atoms with Crippen molar-refractivity contribution in [1.82, 2.24) is 20.1 Å². The SMILES string of the molecule is Cc1cnc(C(=O)N2CC(c3ccn[nH]3)C2)c(O)c1. The summed E-state index contributed by atoms with van der Waals surface area (Å²) >= 11 is 0. The molecule has 0 radical (unpaired) electrons. The molecule has 0 saturated carbocycles. The van der Waals surface area contributed by atoms with E-state index in [1.165, 1.54) is 0 Å². The number of aryl methyl sites for hydroxylation is 1. The molecule has 19 heavy (non-hydrogen) atoms. The Balaban J connectivity index is 1.70. The third-order valence-corrected chi connectivity index (χ3v) is 3.34. The number of amides is 1. The lowest BCUT2D eigenvalue weighted by Crippen LogP contribution is -2.48. The number of nitrogens with one attached hydrogen (secondary N) is 1. The first-order valence-corrected chi connectivity index (χ1v) is 6.09. The van der Waals surface area contributed by atoms with Crippen LogP contribution in [0.2, 0.25) is 0 Å². The Bertz CT molecular complexity index is 603. The topological polar surface area (TPSA) is 82.1 Å². The molecule has 1 amide bonds. The molecule has 1 fully saturated rings. The van der Waals surface area contributed by atoms with Crippen molar-refractivity contribution in [2.45, 2.75) is 12.8 Å². The fraction of sp³-hybridized carbons (Fsp3) is 0.308. The Morgan fingerprint density at radius 1 is 1.53 bits per heavy atom. The van der Waals surface area contributed by atoms with Gasteiger partial charge in [0.1, 0.15) is 5.75 Å². The highest BCUT2D eigenvalue weighted by Crippen LogP contribution is 2.28. The van der Waals surface area contributed by atoms with Crippen molar-refractivity contribution in [2.24, 2.45) is 0 Å². The number of aromatic amines is 1. The maximum absolute atomic E-state index is 12.2. The van der Waals surface area contributed by atoms with E-state index in [4.69, 9.17) is 0 Å². The van der Waals surface area contributed by atoms with E-state index in [1.807, 2.05) is 13.0 Å². The molecule has 0 aliphatic carbocycles. The monoisotopic (exact) mass is 258 g/mol. The van der Waals surface area contributed by atoms with Crippen molar-refractivity contribution in [2.75, 3.05) is 13.1 Å². The Morgan fingerprint density at radius 3 is 2.95 bits per heavy atom. The highest BCUT2D eigenvalue weighted by atomic mass is 16.3. The van der Waals surface area contributed by atoms with Gasteiger partial charge in [-0.2, -0.15) is 5.10 Å². The van der Waals surface area contributed by atoms with Gasteiger partial charge < -0.3 is 10.0 Å². The molecule has 0 bridgehead atoms. The fourth-order valence-electron chi connectivity index (χ4n) is 2.20. The van der Waals surface area contributed by atoms with Crippen molar-refractivity contribution >= 4 is 5.91 Å². The molecule has 3 rings (SSSR count). The first kappa shape index (κ1) is 11.7. The zero-order valence-corrected chi connectivity index (χ0v) is 10.5. The molecular formula is C13H14N4O2. The van der Waals surface area contributed by atoms with Crippen LogP contribution in [0.15, 0.2) is 24.5 Å². The molecule has 0 unspecified atom stereocenters. The molecule has 1 aliphatic heterocycles. The lowest BCUT2D eigenvalue weighted by Gasteiger charge is -2.38. The second-order valence-corrected chi connectivity index (χ2v) is 4.80. The fourth-order valence-corrected chi connectivity index (χ4v) is 2.20. The molecule has 3 heterocycles. The second-order valence-electron chi connectivity index (χ2n) is 4.80. The van der Waals surface area contributed by atoms with Crippen LogP contribution in [0.1, 0.15) is 27.7 Å². The first-order valence-electron chi connectivity index (χ1n) is 6.09. The number of aromatic hydroxyl groups is 1. The Kier molecular flexibility index (Phi) is 2.70. The van der Waals surface area contributed by atoms with Gasteiger partial charge in [0.25, 0.3) is 5.91 Å². The van der Waals surface area contributed by atoms with Crippen LogP contribution in [-0.4, -0.2) is 44.2 Å². The van der Waals surface area contributed by atoms with Crippen LogP contribution >= 0.6 is 0 Å². The molecule has 1 aliphatic rings. The van der Waals surface area contributed by atoms with Crippen LogP contribution in [0, 0.1) is 6.92 Å². The third kappa shape index (κ3) is 2.05. The van der Waals surface area contributed by atoms with E-state index >= 15 is 0 Å². The Morgan fingerprint density at radius 2 is 2.32 bits per heavy atom. The molecule has 0 atom stereocenters. The summed E-state index contributed by atoms with van der Waals surface area (Å²) in [6, 6.07) is 3.46. The summed E-state index contributed by atoms with van der Waals surface area (Å²) in [6.45, 7) is 3.06. The van der Waals surface area contributed by atoms with Gasteiger partial charge in [0.15, 0.2) is 5.69 Å².